The normalized spacial score (nSPS) is 11.1. The summed E-state index contributed by atoms with van der Waals surface area (Å²) in [6, 6.07) is 2.58. The summed E-state index contributed by atoms with van der Waals surface area (Å²) in [5, 5.41) is 0. The van der Waals surface area contributed by atoms with Gasteiger partial charge in [-0.05, 0) is 52.8 Å². The lowest BCUT2D eigenvalue weighted by molar-refractivity contribution is 0.552. The van der Waals surface area contributed by atoms with Gasteiger partial charge in [0.1, 0.15) is 0 Å². The first-order valence-corrected chi connectivity index (χ1v) is 6.49. The molecule has 1 aromatic carbocycles. The standard InChI is InChI=1S/C10H8FIO2S/c1-3-4-8-5-9(15(11,13)14)6-10(12)7(8)2/h1,5-6H,4H2,2H3. The number of benzene rings is 1. The number of halogens is 2. The molecule has 15 heavy (non-hydrogen) atoms. The van der Waals surface area contributed by atoms with Crippen LogP contribution in [-0.2, 0) is 16.6 Å². The lowest BCUT2D eigenvalue weighted by atomic mass is 10.1. The molecule has 0 atom stereocenters. The van der Waals surface area contributed by atoms with Gasteiger partial charge in [-0.2, -0.15) is 8.42 Å². The van der Waals surface area contributed by atoms with E-state index in [4.69, 9.17) is 6.42 Å². The third-order valence-corrected chi connectivity index (χ3v) is 3.92. The Balaban J connectivity index is 3.44. The van der Waals surface area contributed by atoms with Crippen molar-refractivity contribution in [1.29, 1.82) is 0 Å². The Morgan fingerprint density at radius 3 is 2.60 bits per heavy atom. The average Bonchev–Trinajstić information content (AvgIpc) is 2.11. The molecule has 0 bridgehead atoms. The number of terminal acetylenes is 1. The fourth-order valence-corrected chi connectivity index (χ4v) is 2.58. The molecule has 0 N–H and O–H groups in total. The SMILES string of the molecule is C#CCc1cc(S(=O)(=O)F)cc(I)c1C. The van der Waals surface area contributed by atoms with Crippen molar-refractivity contribution >= 4 is 32.8 Å². The first kappa shape index (κ1) is 12.5. The summed E-state index contributed by atoms with van der Waals surface area (Å²) in [5.74, 6) is 2.41. The molecule has 1 aromatic rings. The van der Waals surface area contributed by atoms with Crippen LogP contribution in [-0.4, -0.2) is 8.42 Å². The zero-order valence-electron chi connectivity index (χ0n) is 7.92. The highest BCUT2D eigenvalue weighted by Crippen LogP contribution is 2.23. The highest BCUT2D eigenvalue weighted by molar-refractivity contribution is 14.1. The molecule has 0 fully saturated rings. The van der Waals surface area contributed by atoms with Crippen LogP contribution < -0.4 is 0 Å². The maximum Gasteiger partial charge on any atom is 0.332 e. The van der Waals surface area contributed by atoms with Crippen molar-refractivity contribution in [3.05, 3.63) is 26.8 Å². The fourth-order valence-electron chi connectivity index (χ4n) is 1.14. The molecule has 0 aliphatic rings. The maximum absolute atomic E-state index is 12.8. The van der Waals surface area contributed by atoms with E-state index in [1.807, 2.05) is 29.5 Å². The number of rotatable bonds is 2. The van der Waals surface area contributed by atoms with Gasteiger partial charge in [0.15, 0.2) is 0 Å². The molecule has 1 rings (SSSR count). The van der Waals surface area contributed by atoms with E-state index < -0.39 is 10.2 Å². The summed E-state index contributed by atoms with van der Waals surface area (Å²) >= 11 is 1.96. The van der Waals surface area contributed by atoms with Gasteiger partial charge in [-0.1, -0.05) is 0 Å². The van der Waals surface area contributed by atoms with Crippen LogP contribution in [0, 0.1) is 22.8 Å². The summed E-state index contributed by atoms with van der Waals surface area (Å²) in [6.07, 6.45) is 5.44. The van der Waals surface area contributed by atoms with Crippen molar-refractivity contribution in [2.24, 2.45) is 0 Å². The molecule has 0 saturated carbocycles. The van der Waals surface area contributed by atoms with Gasteiger partial charge >= 0.3 is 10.2 Å². The zero-order valence-corrected chi connectivity index (χ0v) is 10.9. The lowest BCUT2D eigenvalue weighted by Gasteiger charge is -2.06. The molecule has 5 heteroatoms. The fraction of sp³-hybridized carbons (Fsp3) is 0.200. The quantitative estimate of drug-likeness (QED) is 0.472. The molecule has 0 spiro atoms. The van der Waals surface area contributed by atoms with E-state index in [0.717, 1.165) is 5.56 Å². The average molecular weight is 338 g/mol. The summed E-state index contributed by atoms with van der Waals surface area (Å²) in [6.45, 7) is 1.82. The van der Waals surface area contributed by atoms with Crippen molar-refractivity contribution in [1.82, 2.24) is 0 Å². The molecule has 0 amide bonds. The molecular weight excluding hydrogens is 330 g/mol. The molecule has 0 saturated heterocycles. The van der Waals surface area contributed by atoms with Gasteiger partial charge in [0, 0.05) is 9.99 Å². The van der Waals surface area contributed by atoms with Crippen LogP contribution in [0.25, 0.3) is 0 Å². The Kier molecular flexibility index (Phi) is 3.73. The predicted molar refractivity (Wildman–Crippen MR) is 64.7 cm³/mol. The van der Waals surface area contributed by atoms with Crippen LogP contribution in [0.5, 0.6) is 0 Å². The van der Waals surface area contributed by atoms with Crippen molar-refractivity contribution in [2.75, 3.05) is 0 Å². The zero-order chi connectivity index (χ0) is 11.6. The van der Waals surface area contributed by atoms with Crippen LogP contribution in [0.1, 0.15) is 11.1 Å². The van der Waals surface area contributed by atoms with Gasteiger partial charge in [0.05, 0.1) is 4.90 Å². The molecule has 0 radical (unpaired) electrons. The first-order chi connectivity index (χ1) is 6.86. The van der Waals surface area contributed by atoms with E-state index in [1.165, 1.54) is 12.1 Å². The largest absolute Gasteiger partial charge is 0.332 e. The van der Waals surface area contributed by atoms with Gasteiger partial charge in [-0.25, -0.2) is 0 Å². The molecular formula is C10H8FIO2S. The van der Waals surface area contributed by atoms with Crippen LogP contribution in [0.15, 0.2) is 17.0 Å². The minimum Gasteiger partial charge on any atom is -0.189 e. The van der Waals surface area contributed by atoms with Crippen molar-refractivity contribution < 1.29 is 12.3 Å². The topological polar surface area (TPSA) is 34.1 Å². The Morgan fingerprint density at radius 2 is 2.13 bits per heavy atom. The summed E-state index contributed by atoms with van der Waals surface area (Å²) in [4.78, 5) is -0.331. The van der Waals surface area contributed by atoms with E-state index in [9.17, 15) is 12.3 Å². The Labute approximate surface area is 102 Å². The molecule has 0 heterocycles. The predicted octanol–water partition coefficient (Wildman–Crippen LogP) is 2.43. The minimum absolute atomic E-state index is 0.297. The first-order valence-electron chi connectivity index (χ1n) is 4.03. The molecule has 0 aromatic heterocycles. The van der Waals surface area contributed by atoms with Gasteiger partial charge in [-0.3, -0.25) is 0 Å². The van der Waals surface area contributed by atoms with E-state index in [1.54, 1.807) is 0 Å². The lowest BCUT2D eigenvalue weighted by Crippen LogP contribution is -1.98. The van der Waals surface area contributed by atoms with E-state index in [2.05, 4.69) is 5.92 Å². The second-order valence-electron chi connectivity index (χ2n) is 3.01. The Hall–Kier alpha value is -0.610. The van der Waals surface area contributed by atoms with Crippen molar-refractivity contribution in [2.45, 2.75) is 18.2 Å². The van der Waals surface area contributed by atoms with Gasteiger partial charge in [0.25, 0.3) is 0 Å². The van der Waals surface area contributed by atoms with E-state index in [-0.39, 0.29) is 4.90 Å². The Morgan fingerprint density at radius 1 is 1.53 bits per heavy atom. The van der Waals surface area contributed by atoms with Crippen LogP contribution in [0.4, 0.5) is 3.89 Å². The van der Waals surface area contributed by atoms with Gasteiger partial charge in [0.2, 0.25) is 0 Å². The van der Waals surface area contributed by atoms with E-state index in [0.29, 0.717) is 15.6 Å². The van der Waals surface area contributed by atoms with Crippen LogP contribution in [0.3, 0.4) is 0 Å². The monoisotopic (exact) mass is 338 g/mol. The number of hydrogen-bond acceptors (Lipinski definition) is 2. The highest BCUT2D eigenvalue weighted by atomic mass is 127. The van der Waals surface area contributed by atoms with Gasteiger partial charge in [-0.15, -0.1) is 16.2 Å². The Bertz CT molecular complexity index is 529. The smallest absolute Gasteiger partial charge is 0.189 e. The minimum atomic E-state index is -4.66. The molecule has 2 nitrogen and oxygen atoms in total. The second kappa shape index (κ2) is 4.49. The van der Waals surface area contributed by atoms with Crippen LogP contribution in [0.2, 0.25) is 0 Å². The summed E-state index contributed by atoms with van der Waals surface area (Å²) in [5.41, 5.74) is 1.56. The van der Waals surface area contributed by atoms with Crippen molar-refractivity contribution in [3.63, 3.8) is 0 Å². The molecule has 80 valence electrons. The maximum atomic E-state index is 12.8. The highest BCUT2D eigenvalue weighted by Gasteiger charge is 2.15. The summed E-state index contributed by atoms with van der Waals surface area (Å²) in [7, 11) is -4.66. The summed E-state index contributed by atoms with van der Waals surface area (Å²) < 4.78 is 34.9. The second-order valence-corrected chi connectivity index (χ2v) is 5.52. The molecule has 0 aliphatic carbocycles. The third kappa shape index (κ3) is 2.92. The number of hydrogen-bond donors (Lipinski definition) is 0. The van der Waals surface area contributed by atoms with E-state index >= 15 is 0 Å². The van der Waals surface area contributed by atoms with Crippen LogP contribution >= 0.6 is 22.6 Å². The molecule has 0 unspecified atom stereocenters. The van der Waals surface area contributed by atoms with Crippen molar-refractivity contribution in [3.8, 4) is 12.3 Å². The van der Waals surface area contributed by atoms with Gasteiger partial charge < -0.3 is 0 Å². The molecule has 0 aliphatic heterocycles. The third-order valence-electron chi connectivity index (χ3n) is 2.00.